The standard InChI is InChI=1S/C19H31N3O3S.HI/c1-6-20-19(22-13-7-8-15(9-13)26-5)21-12-16-17(24-3)10-14(23-2)11-18(16)25-4;/h10-11,13,15H,6-9,12H2,1-5H3,(H2,20,21,22);1H. The zero-order chi connectivity index (χ0) is 18.9. The van der Waals surface area contributed by atoms with Gasteiger partial charge in [0, 0.05) is 30.0 Å². The average molecular weight is 509 g/mol. The number of thioether (sulfide) groups is 1. The lowest BCUT2D eigenvalue weighted by Crippen LogP contribution is -2.42. The maximum atomic E-state index is 5.51. The van der Waals surface area contributed by atoms with Crippen molar-refractivity contribution in [3.05, 3.63) is 17.7 Å². The van der Waals surface area contributed by atoms with Crippen molar-refractivity contribution < 1.29 is 14.2 Å². The van der Waals surface area contributed by atoms with Gasteiger partial charge in [0.15, 0.2) is 5.96 Å². The molecule has 0 saturated heterocycles. The smallest absolute Gasteiger partial charge is 0.191 e. The van der Waals surface area contributed by atoms with Crippen molar-refractivity contribution >= 4 is 41.7 Å². The van der Waals surface area contributed by atoms with Crippen LogP contribution in [-0.2, 0) is 6.54 Å². The first-order valence-electron chi connectivity index (χ1n) is 9.01. The van der Waals surface area contributed by atoms with Crippen LogP contribution in [0.15, 0.2) is 17.1 Å². The fourth-order valence-corrected chi connectivity index (χ4v) is 3.99. The normalized spacial score (nSPS) is 19.2. The van der Waals surface area contributed by atoms with E-state index < -0.39 is 0 Å². The number of hydrogen-bond acceptors (Lipinski definition) is 5. The van der Waals surface area contributed by atoms with Crippen molar-refractivity contribution in [3.63, 3.8) is 0 Å². The van der Waals surface area contributed by atoms with Gasteiger partial charge in [-0.2, -0.15) is 11.8 Å². The molecule has 8 heteroatoms. The highest BCUT2D eigenvalue weighted by Gasteiger charge is 2.24. The molecule has 0 radical (unpaired) electrons. The van der Waals surface area contributed by atoms with E-state index in [4.69, 9.17) is 19.2 Å². The second kappa shape index (κ2) is 12.4. The van der Waals surface area contributed by atoms with Gasteiger partial charge in [-0.1, -0.05) is 0 Å². The summed E-state index contributed by atoms with van der Waals surface area (Å²) in [4.78, 5) is 4.76. The van der Waals surface area contributed by atoms with Crippen LogP contribution in [0.3, 0.4) is 0 Å². The van der Waals surface area contributed by atoms with Crippen LogP contribution >= 0.6 is 35.7 Å². The Balaban J connectivity index is 0.00000364. The summed E-state index contributed by atoms with van der Waals surface area (Å²) >= 11 is 1.95. The van der Waals surface area contributed by atoms with Gasteiger partial charge in [-0.15, -0.1) is 24.0 Å². The van der Waals surface area contributed by atoms with Crippen molar-refractivity contribution in [2.24, 2.45) is 4.99 Å². The van der Waals surface area contributed by atoms with Crippen LogP contribution in [0.25, 0.3) is 0 Å². The highest BCUT2D eigenvalue weighted by Crippen LogP contribution is 2.34. The Morgan fingerprint density at radius 1 is 1.15 bits per heavy atom. The Morgan fingerprint density at radius 3 is 2.30 bits per heavy atom. The first kappa shape index (κ1) is 24.0. The third kappa shape index (κ3) is 6.81. The number of rotatable bonds is 8. The SMILES string of the molecule is CCNC(=NCc1c(OC)cc(OC)cc1OC)NC1CCC(SC)C1.I. The van der Waals surface area contributed by atoms with Crippen LogP contribution < -0.4 is 24.8 Å². The van der Waals surface area contributed by atoms with Crippen LogP contribution in [-0.4, -0.2) is 51.4 Å². The van der Waals surface area contributed by atoms with E-state index in [2.05, 4.69) is 23.8 Å². The maximum absolute atomic E-state index is 5.51. The van der Waals surface area contributed by atoms with Crippen LogP contribution in [0.5, 0.6) is 17.2 Å². The number of halogens is 1. The fourth-order valence-electron chi connectivity index (χ4n) is 3.19. The van der Waals surface area contributed by atoms with Crippen molar-refractivity contribution in [2.75, 3.05) is 34.1 Å². The van der Waals surface area contributed by atoms with Gasteiger partial charge >= 0.3 is 0 Å². The molecule has 1 aliphatic rings. The Bertz CT molecular complexity index is 591. The Morgan fingerprint density at radius 2 is 1.81 bits per heavy atom. The van der Waals surface area contributed by atoms with Crippen LogP contribution in [0.1, 0.15) is 31.7 Å². The quantitative estimate of drug-likeness (QED) is 0.317. The first-order chi connectivity index (χ1) is 12.6. The number of ether oxygens (including phenoxy) is 3. The summed E-state index contributed by atoms with van der Waals surface area (Å²) in [7, 11) is 4.92. The van der Waals surface area contributed by atoms with Gasteiger partial charge < -0.3 is 24.8 Å². The highest BCUT2D eigenvalue weighted by molar-refractivity contribution is 14.0. The molecule has 1 fully saturated rings. The van der Waals surface area contributed by atoms with E-state index in [1.165, 1.54) is 19.3 Å². The molecular formula is C19H32IN3O3S. The summed E-state index contributed by atoms with van der Waals surface area (Å²) < 4.78 is 16.3. The number of methoxy groups -OCH3 is 3. The third-order valence-electron chi connectivity index (χ3n) is 4.62. The van der Waals surface area contributed by atoms with Crippen molar-refractivity contribution in [2.45, 2.75) is 44.0 Å². The van der Waals surface area contributed by atoms with E-state index in [0.717, 1.165) is 23.3 Å². The van der Waals surface area contributed by atoms with Crippen molar-refractivity contribution in [1.29, 1.82) is 0 Å². The topological polar surface area (TPSA) is 64.1 Å². The number of aliphatic imine (C=N–C) groups is 1. The number of nitrogens with one attached hydrogen (secondary N) is 2. The Labute approximate surface area is 184 Å². The lowest BCUT2D eigenvalue weighted by molar-refractivity contribution is 0.369. The molecule has 0 spiro atoms. The largest absolute Gasteiger partial charge is 0.496 e. The van der Waals surface area contributed by atoms with Gasteiger partial charge in [-0.3, -0.25) is 0 Å². The molecule has 0 bridgehead atoms. The Kier molecular flexibility index (Phi) is 11.1. The minimum atomic E-state index is 0. The van der Waals surface area contributed by atoms with E-state index in [1.807, 2.05) is 23.9 Å². The monoisotopic (exact) mass is 509 g/mol. The number of hydrogen-bond donors (Lipinski definition) is 2. The van der Waals surface area contributed by atoms with Gasteiger partial charge in [0.1, 0.15) is 17.2 Å². The number of guanidine groups is 1. The van der Waals surface area contributed by atoms with Crippen molar-refractivity contribution in [1.82, 2.24) is 10.6 Å². The molecular weight excluding hydrogens is 477 g/mol. The number of benzene rings is 1. The minimum absolute atomic E-state index is 0. The lowest BCUT2D eigenvalue weighted by Gasteiger charge is -2.18. The molecule has 0 aliphatic heterocycles. The summed E-state index contributed by atoms with van der Waals surface area (Å²) in [6.07, 6.45) is 5.82. The zero-order valence-electron chi connectivity index (χ0n) is 16.8. The van der Waals surface area contributed by atoms with E-state index in [-0.39, 0.29) is 24.0 Å². The van der Waals surface area contributed by atoms with Gasteiger partial charge in [-0.05, 0) is 32.4 Å². The minimum Gasteiger partial charge on any atom is -0.496 e. The third-order valence-corrected chi connectivity index (χ3v) is 5.71. The maximum Gasteiger partial charge on any atom is 0.191 e. The zero-order valence-corrected chi connectivity index (χ0v) is 20.0. The van der Waals surface area contributed by atoms with E-state index in [0.29, 0.717) is 29.8 Å². The predicted molar refractivity (Wildman–Crippen MR) is 124 cm³/mol. The van der Waals surface area contributed by atoms with Crippen molar-refractivity contribution in [3.8, 4) is 17.2 Å². The molecule has 154 valence electrons. The van der Waals surface area contributed by atoms with Gasteiger partial charge in [-0.25, -0.2) is 4.99 Å². The highest BCUT2D eigenvalue weighted by atomic mass is 127. The molecule has 0 amide bonds. The molecule has 1 saturated carbocycles. The summed E-state index contributed by atoms with van der Waals surface area (Å²) in [6, 6.07) is 4.19. The molecule has 1 aromatic carbocycles. The summed E-state index contributed by atoms with van der Waals surface area (Å²) in [5, 5.41) is 7.65. The molecule has 2 unspecified atom stereocenters. The first-order valence-corrected chi connectivity index (χ1v) is 10.3. The molecule has 1 aliphatic carbocycles. The Hall–Kier alpha value is -1.03. The second-order valence-electron chi connectivity index (χ2n) is 6.22. The number of nitrogens with zero attached hydrogens (tertiary/aromatic N) is 1. The molecule has 6 nitrogen and oxygen atoms in total. The summed E-state index contributed by atoms with van der Waals surface area (Å²) in [5.41, 5.74) is 0.904. The van der Waals surface area contributed by atoms with Crippen LogP contribution in [0.4, 0.5) is 0 Å². The predicted octanol–water partition coefficient (Wildman–Crippen LogP) is 3.67. The average Bonchev–Trinajstić information content (AvgIpc) is 3.13. The van der Waals surface area contributed by atoms with Crippen LogP contribution in [0.2, 0.25) is 0 Å². The molecule has 0 aromatic heterocycles. The molecule has 0 heterocycles. The van der Waals surface area contributed by atoms with E-state index in [9.17, 15) is 0 Å². The van der Waals surface area contributed by atoms with Gasteiger partial charge in [0.25, 0.3) is 0 Å². The molecule has 2 atom stereocenters. The molecule has 2 N–H and O–H groups in total. The van der Waals surface area contributed by atoms with E-state index >= 15 is 0 Å². The van der Waals surface area contributed by atoms with Gasteiger partial charge in [0.05, 0.1) is 33.4 Å². The summed E-state index contributed by atoms with van der Waals surface area (Å²) in [5.74, 6) is 2.96. The van der Waals surface area contributed by atoms with Crippen LogP contribution in [0, 0.1) is 0 Å². The molecule has 2 rings (SSSR count). The molecule has 27 heavy (non-hydrogen) atoms. The van der Waals surface area contributed by atoms with Gasteiger partial charge in [0.2, 0.25) is 0 Å². The lowest BCUT2D eigenvalue weighted by atomic mass is 10.1. The van der Waals surface area contributed by atoms with E-state index in [1.54, 1.807) is 21.3 Å². The second-order valence-corrected chi connectivity index (χ2v) is 7.36. The fraction of sp³-hybridized carbons (Fsp3) is 0.632. The molecule has 1 aromatic rings. The summed E-state index contributed by atoms with van der Waals surface area (Å²) in [6.45, 7) is 3.36.